The van der Waals surface area contributed by atoms with Crippen molar-refractivity contribution in [3.05, 3.63) is 0 Å². The average Bonchev–Trinajstić information content (AvgIpc) is 2.97. The standard InChI is InChI=1S/C17H33NO3/c1-2-3-4-5-6-7-8-9-10-13-16-20-17(19)21-18-14-11-12-15-18/h2-16H2,1H3. The summed E-state index contributed by atoms with van der Waals surface area (Å²) in [4.78, 5) is 16.4. The zero-order valence-corrected chi connectivity index (χ0v) is 13.8. The lowest BCUT2D eigenvalue weighted by Crippen LogP contribution is -2.24. The third kappa shape index (κ3) is 10.6. The Morgan fingerprint density at radius 2 is 1.38 bits per heavy atom. The lowest BCUT2D eigenvalue weighted by molar-refractivity contribution is -0.112. The first kappa shape index (κ1) is 18.3. The van der Waals surface area contributed by atoms with Gasteiger partial charge in [0.2, 0.25) is 0 Å². The molecule has 0 bridgehead atoms. The fourth-order valence-electron chi connectivity index (χ4n) is 2.66. The molecule has 0 atom stereocenters. The van der Waals surface area contributed by atoms with Gasteiger partial charge in [0.05, 0.1) is 6.61 Å². The van der Waals surface area contributed by atoms with Crippen LogP contribution in [0.3, 0.4) is 0 Å². The van der Waals surface area contributed by atoms with Crippen LogP contribution in [0.5, 0.6) is 0 Å². The first-order valence-electron chi connectivity index (χ1n) is 8.92. The quantitative estimate of drug-likeness (QED) is 0.372. The monoisotopic (exact) mass is 299 g/mol. The van der Waals surface area contributed by atoms with Gasteiger partial charge in [0, 0.05) is 13.1 Å². The minimum Gasteiger partial charge on any atom is -0.433 e. The molecule has 1 aliphatic rings. The Labute approximate surface area is 130 Å². The molecule has 1 fully saturated rings. The second-order valence-electron chi connectivity index (χ2n) is 6.01. The van der Waals surface area contributed by atoms with E-state index in [9.17, 15) is 4.79 Å². The summed E-state index contributed by atoms with van der Waals surface area (Å²) in [5.41, 5.74) is 0. The van der Waals surface area contributed by atoms with Crippen molar-refractivity contribution < 1.29 is 14.4 Å². The topological polar surface area (TPSA) is 38.8 Å². The molecule has 21 heavy (non-hydrogen) atoms. The molecular weight excluding hydrogens is 266 g/mol. The minimum atomic E-state index is -0.534. The third-order valence-corrected chi connectivity index (χ3v) is 3.99. The van der Waals surface area contributed by atoms with Crippen LogP contribution < -0.4 is 0 Å². The van der Waals surface area contributed by atoms with Gasteiger partial charge in [0.25, 0.3) is 0 Å². The predicted octanol–water partition coefficient (Wildman–Crippen LogP) is 5.07. The van der Waals surface area contributed by atoms with E-state index in [0.29, 0.717) is 6.61 Å². The van der Waals surface area contributed by atoms with Gasteiger partial charge in [-0.3, -0.25) is 0 Å². The van der Waals surface area contributed by atoms with E-state index in [1.807, 2.05) is 0 Å². The number of hydrogen-bond donors (Lipinski definition) is 0. The van der Waals surface area contributed by atoms with Gasteiger partial charge < -0.3 is 9.57 Å². The maximum Gasteiger partial charge on any atom is 0.527 e. The molecule has 0 radical (unpaired) electrons. The van der Waals surface area contributed by atoms with Crippen LogP contribution in [0.25, 0.3) is 0 Å². The van der Waals surface area contributed by atoms with E-state index in [4.69, 9.17) is 9.57 Å². The van der Waals surface area contributed by atoms with Crippen molar-refractivity contribution in [3.8, 4) is 0 Å². The van der Waals surface area contributed by atoms with E-state index in [1.54, 1.807) is 5.06 Å². The molecule has 0 saturated carbocycles. The molecule has 0 spiro atoms. The lowest BCUT2D eigenvalue weighted by Gasteiger charge is -2.13. The Hall–Kier alpha value is -0.770. The number of carbonyl (C=O) groups excluding carboxylic acids is 1. The molecule has 0 aromatic heterocycles. The summed E-state index contributed by atoms with van der Waals surface area (Å²) >= 11 is 0. The van der Waals surface area contributed by atoms with Gasteiger partial charge in [-0.2, -0.15) is 0 Å². The fraction of sp³-hybridized carbons (Fsp3) is 0.941. The van der Waals surface area contributed by atoms with Gasteiger partial charge >= 0.3 is 6.16 Å². The second kappa shape index (κ2) is 12.9. The van der Waals surface area contributed by atoms with E-state index in [2.05, 4.69) is 6.92 Å². The molecule has 0 aromatic rings. The van der Waals surface area contributed by atoms with Gasteiger partial charge in [0.1, 0.15) is 0 Å². The minimum absolute atomic E-state index is 0.489. The molecule has 0 unspecified atom stereocenters. The van der Waals surface area contributed by atoms with Gasteiger partial charge in [-0.15, -0.1) is 5.06 Å². The van der Waals surface area contributed by atoms with Crippen LogP contribution >= 0.6 is 0 Å². The molecule has 1 saturated heterocycles. The molecule has 1 rings (SSSR count). The number of unbranched alkanes of at least 4 members (excludes halogenated alkanes) is 9. The number of ether oxygens (including phenoxy) is 1. The lowest BCUT2D eigenvalue weighted by atomic mass is 10.1. The van der Waals surface area contributed by atoms with E-state index in [-0.39, 0.29) is 0 Å². The van der Waals surface area contributed by atoms with E-state index >= 15 is 0 Å². The summed E-state index contributed by atoms with van der Waals surface area (Å²) in [5.74, 6) is 0. The number of carbonyl (C=O) groups is 1. The van der Waals surface area contributed by atoms with Crippen LogP contribution in [-0.2, 0) is 9.57 Å². The molecule has 0 amide bonds. The molecule has 0 aromatic carbocycles. The summed E-state index contributed by atoms with van der Waals surface area (Å²) in [6.45, 7) is 4.42. The molecule has 1 aliphatic heterocycles. The SMILES string of the molecule is CCCCCCCCCCCCOC(=O)ON1CCCC1. The normalized spacial score (nSPS) is 15.3. The second-order valence-corrected chi connectivity index (χ2v) is 6.01. The van der Waals surface area contributed by atoms with Crippen molar-refractivity contribution in [1.29, 1.82) is 0 Å². The summed E-state index contributed by atoms with van der Waals surface area (Å²) in [6, 6.07) is 0. The Bertz CT molecular complexity index is 252. The van der Waals surface area contributed by atoms with Crippen LogP contribution in [0.4, 0.5) is 4.79 Å². The first-order valence-corrected chi connectivity index (χ1v) is 8.92. The molecule has 0 aliphatic carbocycles. The average molecular weight is 299 g/mol. The summed E-state index contributed by atoms with van der Waals surface area (Å²) in [7, 11) is 0. The van der Waals surface area contributed by atoms with E-state index in [1.165, 1.54) is 51.4 Å². The van der Waals surface area contributed by atoms with Crippen molar-refractivity contribution in [1.82, 2.24) is 5.06 Å². The summed E-state index contributed by atoms with van der Waals surface area (Å²) in [5, 5.41) is 1.70. The maximum absolute atomic E-state index is 11.4. The zero-order chi connectivity index (χ0) is 15.2. The number of hydrogen-bond acceptors (Lipinski definition) is 4. The van der Waals surface area contributed by atoms with E-state index < -0.39 is 6.16 Å². The fourth-order valence-corrected chi connectivity index (χ4v) is 2.66. The van der Waals surface area contributed by atoms with Gasteiger partial charge in [-0.25, -0.2) is 4.79 Å². The maximum atomic E-state index is 11.4. The van der Waals surface area contributed by atoms with Crippen LogP contribution in [0.15, 0.2) is 0 Å². The highest BCUT2D eigenvalue weighted by Crippen LogP contribution is 2.11. The van der Waals surface area contributed by atoms with Crippen molar-refractivity contribution in [2.45, 2.75) is 84.0 Å². The Morgan fingerprint density at radius 1 is 0.857 bits per heavy atom. The first-order chi connectivity index (χ1) is 10.3. The van der Waals surface area contributed by atoms with Gasteiger partial charge in [-0.05, 0) is 19.3 Å². The van der Waals surface area contributed by atoms with Crippen LogP contribution in [0, 0.1) is 0 Å². The van der Waals surface area contributed by atoms with Crippen molar-refractivity contribution >= 4 is 6.16 Å². The largest absolute Gasteiger partial charge is 0.527 e. The zero-order valence-electron chi connectivity index (χ0n) is 13.8. The van der Waals surface area contributed by atoms with Crippen LogP contribution in [0.2, 0.25) is 0 Å². The smallest absolute Gasteiger partial charge is 0.433 e. The molecule has 1 heterocycles. The van der Waals surface area contributed by atoms with Crippen molar-refractivity contribution in [2.24, 2.45) is 0 Å². The highest BCUT2D eigenvalue weighted by molar-refractivity contribution is 5.59. The van der Waals surface area contributed by atoms with Crippen molar-refractivity contribution in [2.75, 3.05) is 19.7 Å². The van der Waals surface area contributed by atoms with Gasteiger partial charge in [0.15, 0.2) is 0 Å². The number of rotatable bonds is 12. The summed E-state index contributed by atoms with van der Waals surface area (Å²) < 4.78 is 5.07. The van der Waals surface area contributed by atoms with Crippen LogP contribution in [-0.4, -0.2) is 30.9 Å². The summed E-state index contributed by atoms with van der Waals surface area (Å²) in [6.07, 6.45) is 14.5. The third-order valence-electron chi connectivity index (χ3n) is 3.99. The number of nitrogens with zero attached hydrogens (tertiary/aromatic N) is 1. The Balaban J connectivity index is 1.76. The molecule has 4 heteroatoms. The molecule has 4 nitrogen and oxygen atoms in total. The number of hydroxylamine groups is 2. The van der Waals surface area contributed by atoms with Gasteiger partial charge in [-0.1, -0.05) is 64.7 Å². The Morgan fingerprint density at radius 3 is 1.95 bits per heavy atom. The van der Waals surface area contributed by atoms with Crippen LogP contribution in [0.1, 0.15) is 84.0 Å². The highest BCUT2D eigenvalue weighted by atomic mass is 16.8. The molecule has 124 valence electrons. The Kier molecular flexibility index (Phi) is 11.3. The van der Waals surface area contributed by atoms with E-state index in [0.717, 1.165) is 38.8 Å². The highest BCUT2D eigenvalue weighted by Gasteiger charge is 2.16. The molecule has 0 N–H and O–H groups in total. The molecular formula is C17H33NO3. The van der Waals surface area contributed by atoms with Crippen molar-refractivity contribution in [3.63, 3.8) is 0 Å². The predicted molar refractivity (Wildman–Crippen MR) is 85.1 cm³/mol.